The lowest BCUT2D eigenvalue weighted by molar-refractivity contribution is -0.138. The molecule has 3 atom stereocenters. The first-order chi connectivity index (χ1) is 17.2. The lowest BCUT2D eigenvalue weighted by atomic mass is 10.0. The summed E-state index contributed by atoms with van der Waals surface area (Å²) in [4.78, 5) is 52.6. The van der Waals surface area contributed by atoms with Gasteiger partial charge in [0.1, 0.15) is 12.1 Å². The van der Waals surface area contributed by atoms with E-state index in [9.17, 15) is 19.2 Å². The van der Waals surface area contributed by atoms with Crippen molar-refractivity contribution in [1.29, 1.82) is 0 Å². The van der Waals surface area contributed by atoms with Crippen LogP contribution in [0.15, 0.2) is 35.4 Å². The summed E-state index contributed by atoms with van der Waals surface area (Å²) in [7, 11) is 0. The third kappa shape index (κ3) is 9.34. The second-order valence-electron chi connectivity index (χ2n) is 8.60. The van der Waals surface area contributed by atoms with E-state index < -0.39 is 35.7 Å². The van der Waals surface area contributed by atoms with Gasteiger partial charge in [0.15, 0.2) is 10.9 Å². The maximum absolute atomic E-state index is 13.4. The van der Waals surface area contributed by atoms with Crippen molar-refractivity contribution in [3.63, 3.8) is 0 Å². The van der Waals surface area contributed by atoms with Crippen LogP contribution >= 0.6 is 12.2 Å². The molecule has 1 fully saturated rings. The summed E-state index contributed by atoms with van der Waals surface area (Å²) in [5.41, 5.74) is 14.0. The first-order valence-corrected chi connectivity index (χ1v) is 12.4. The summed E-state index contributed by atoms with van der Waals surface area (Å²) >= 11 is 4.67. The minimum Gasteiger partial charge on any atom is -0.375 e. The van der Waals surface area contributed by atoms with Crippen LogP contribution in [0.2, 0.25) is 0 Å². The highest BCUT2D eigenvalue weighted by Gasteiger charge is 2.35. The number of ketones is 1. The number of rotatable bonds is 13. The molecule has 1 saturated heterocycles. The van der Waals surface area contributed by atoms with Crippen molar-refractivity contribution < 1.29 is 19.2 Å². The van der Waals surface area contributed by atoms with E-state index in [4.69, 9.17) is 11.5 Å². The Morgan fingerprint density at radius 2 is 1.89 bits per heavy atom. The van der Waals surface area contributed by atoms with Crippen LogP contribution in [0.4, 0.5) is 0 Å². The van der Waals surface area contributed by atoms with E-state index in [0.29, 0.717) is 45.2 Å². The van der Waals surface area contributed by atoms with Gasteiger partial charge in [0.2, 0.25) is 17.7 Å². The van der Waals surface area contributed by atoms with Crippen LogP contribution in [0.5, 0.6) is 0 Å². The summed E-state index contributed by atoms with van der Waals surface area (Å²) in [5, 5.41) is 9.16. The number of Topliss-reactive ketones (excluding diaryl/α,β-unsaturated/α-hetero) is 1. The van der Waals surface area contributed by atoms with Gasteiger partial charge in [0, 0.05) is 19.9 Å². The fraction of sp³-hybridized carbons (Fsp3) is 0.500. The Kier molecular flexibility index (Phi) is 11.9. The van der Waals surface area contributed by atoms with E-state index in [1.807, 2.05) is 30.3 Å². The van der Waals surface area contributed by atoms with Crippen LogP contribution < -0.4 is 27.5 Å². The molecule has 1 heterocycles. The maximum Gasteiger partial charge on any atom is 0.243 e. The van der Waals surface area contributed by atoms with Gasteiger partial charge >= 0.3 is 0 Å². The van der Waals surface area contributed by atoms with Crippen molar-refractivity contribution in [3.05, 3.63) is 35.9 Å². The monoisotopic (exact) mass is 517 g/mol. The number of hydrazone groups is 1. The molecule has 7 N–H and O–H groups in total. The molecule has 3 amide bonds. The van der Waals surface area contributed by atoms with Gasteiger partial charge in [-0.25, -0.2) is 0 Å². The molecule has 2 rings (SSSR count). The second kappa shape index (κ2) is 14.9. The molecule has 36 heavy (non-hydrogen) atoms. The first-order valence-electron chi connectivity index (χ1n) is 12.0. The number of hydrogen-bond donors (Lipinski definition) is 5. The van der Waals surface area contributed by atoms with Gasteiger partial charge in [0.25, 0.3) is 0 Å². The fourth-order valence-corrected chi connectivity index (χ4v) is 4.10. The molecular formula is C24H35N7O4S. The average Bonchev–Trinajstić information content (AvgIpc) is 3.34. The predicted molar refractivity (Wildman–Crippen MR) is 141 cm³/mol. The molecular weight excluding hydrogens is 482 g/mol. The van der Waals surface area contributed by atoms with Gasteiger partial charge in [-0.3, -0.25) is 24.6 Å². The molecule has 11 nitrogen and oxygen atoms in total. The zero-order valence-electron chi connectivity index (χ0n) is 20.4. The predicted octanol–water partition coefficient (Wildman–Crippen LogP) is -0.273. The van der Waals surface area contributed by atoms with Gasteiger partial charge in [0.05, 0.1) is 12.3 Å². The Hall–Kier alpha value is -3.38. The summed E-state index contributed by atoms with van der Waals surface area (Å²) in [5.74, 6) is -1.55. The average molecular weight is 518 g/mol. The lowest BCUT2D eigenvalue weighted by Crippen LogP contribution is -2.56. The third-order valence-corrected chi connectivity index (χ3v) is 5.94. The van der Waals surface area contributed by atoms with Crippen molar-refractivity contribution >= 4 is 47.0 Å². The number of carbonyl (C=O) groups excluding carboxylic acids is 4. The molecule has 0 spiro atoms. The standard InChI is InChI=1S/C24H35N7O4S/c1-16(32)31-13-7-11-20(31)23(35)29-19(14-17-8-3-2-4-9-17)22(34)28-18(10-5-6-12-25)21(33)15-27-30-24(26)36/h2-4,8-9,15,18-20H,5-7,10-14,25H2,1H3,(H,28,34)(H,29,35)(H3,26,30,36)/b27-15+/t18-,19-,20-/m0/s1. The van der Waals surface area contributed by atoms with Crippen LogP contribution in [0, 0.1) is 0 Å². The number of carbonyl (C=O) groups is 4. The van der Waals surface area contributed by atoms with Gasteiger partial charge in [-0.05, 0) is 56.4 Å². The molecule has 0 aromatic heterocycles. The van der Waals surface area contributed by atoms with Gasteiger partial charge in [-0.2, -0.15) is 5.10 Å². The number of likely N-dealkylation sites (tertiary alicyclic amines) is 1. The van der Waals surface area contributed by atoms with E-state index in [-0.39, 0.29) is 17.4 Å². The van der Waals surface area contributed by atoms with E-state index in [2.05, 4.69) is 33.4 Å². The van der Waals surface area contributed by atoms with Crippen molar-refractivity contribution in [1.82, 2.24) is 21.0 Å². The van der Waals surface area contributed by atoms with E-state index in [0.717, 1.165) is 11.8 Å². The van der Waals surface area contributed by atoms with Gasteiger partial charge < -0.3 is 27.0 Å². The summed E-state index contributed by atoms with van der Waals surface area (Å²) in [6, 6.07) is 6.77. The van der Waals surface area contributed by atoms with E-state index in [1.165, 1.54) is 11.8 Å². The minimum absolute atomic E-state index is 0.0973. The van der Waals surface area contributed by atoms with Crippen LogP contribution in [-0.4, -0.2) is 70.9 Å². The largest absolute Gasteiger partial charge is 0.375 e. The first kappa shape index (κ1) is 28.9. The molecule has 12 heteroatoms. The van der Waals surface area contributed by atoms with Crippen molar-refractivity contribution in [3.8, 4) is 0 Å². The van der Waals surface area contributed by atoms with Crippen molar-refractivity contribution in [2.45, 2.75) is 63.6 Å². The normalized spacial score (nSPS) is 16.8. The zero-order chi connectivity index (χ0) is 26.5. The molecule has 1 aliphatic heterocycles. The summed E-state index contributed by atoms with van der Waals surface area (Å²) in [6.07, 6.45) is 4.09. The highest BCUT2D eigenvalue weighted by molar-refractivity contribution is 7.80. The number of thiocarbonyl (C=S) groups is 1. The molecule has 0 saturated carbocycles. The van der Waals surface area contributed by atoms with E-state index in [1.54, 1.807) is 0 Å². The SMILES string of the molecule is CC(=O)N1CCC[C@H]1C(=O)N[C@@H](Cc1ccccc1)C(=O)N[C@@H](CCCCN)C(=O)/C=N/NC(N)=S. The maximum atomic E-state index is 13.4. The van der Waals surface area contributed by atoms with Crippen molar-refractivity contribution in [2.24, 2.45) is 16.6 Å². The van der Waals surface area contributed by atoms with Gasteiger partial charge in [-0.1, -0.05) is 30.3 Å². The van der Waals surface area contributed by atoms with Crippen LogP contribution in [0.3, 0.4) is 0 Å². The Morgan fingerprint density at radius 1 is 1.17 bits per heavy atom. The lowest BCUT2D eigenvalue weighted by Gasteiger charge is -2.26. The number of hydrogen-bond acceptors (Lipinski definition) is 7. The van der Waals surface area contributed by atoms with E-state index >= 15 is 0 Å². The van der Waals surface area contributed by atoms with Crippen LogP contribution in [0.25, 0.3) is 0 Å². The van der Waals surface area contributed by atoms with Gasteiger partial charge in [-0.15, -0.1) is 0 Å². The molecule has 1 aromatic carbocycles. The number of unbranched alkanes of at least 4 members (excludes halogenated alkanes) is 1. The molecule has 196 valence electrons. The number of nitrogens with one attached hydrogen (secondary N) is 3. The summed E-state index contributed by atoms with van der Waals surface area (Å²) in [6.45, 7) is 2.37. The molecule has 1 aliphatic rings. The quantitative estimate of drug-likeness (QED) is 0.103. The molecule has 0 unspecified atom stereocenters. The Labute approximate surface area is 216 Å². The minimum atomic E-state index is -0.953. The zero-order valence-corrected chi connectivity index (χ0v) is 21.3. The molecule has 1 aromatic rings. The fourth-order valence-electron chi connectivity index (χ4n) is 4.04. The number of nitrogens with two attached hydrogens (primary N) is 2. The molecule has 0 radical (unpaired) electrons. The Bertz CT molecular complexity index is 957. The Morgan fingerprint density at radius 3 is 2.53 bits per heavy atom. The highest BCUT2D eigenvalue weighted by atomic mass is 32.1. The topological polar surface area (TPSA) is 172 Å². The molecule has 0 bridgehead atoms. The van der Waals surface area contributed by atoms with Crippen molar-refractivity contribution in [2.75, 3.05) is 13.1 Å². The van der Waals surface area contributed by atoms with Crippen LogP contribution in [-0.2, 0) is 25.6 Å². The Balaban J connectivity index is 2.19. The number of benzene rings is 1. The summed E-state index contributed by atoms with van der Waals surface area (Å²) < 4.78 is 0. The molecule has 0 aliphatic carbocycles. The third-order valence-electron chi connectivity index (χ3n) is 5.85. The highest BCUT2D eigenvalue weighted by Crippen LogP contribution is 2.18. The smallest absolute Gasteiger partial charge is 0.243 e. The number of amides is 3. The number of nitrogens with zero attached hydrogens (tertiary/aromatic N) is 2. The van der Waals surface area contributed by atoms with Crippen LogP contribution in [0.1, 0.15) is 44.6 Å². The second-order valence-corrected chi connectivity index (χ2v) is 9.04.